The molecule has 21 heavy (non-hydrogen) atoms. The summed E-state index contributed by atoms with van der Waals surface area (Å²) in [4.78, 5) is 0. The molecule has 3 heteroatoms. The van der Waals surface area contributed by atoms with Gasteiger partial charge in [0.15, 0.2) is 0 Å². The summed E-state index contributed by atoms with van der Waals surface area (Å²) in [5, 5.41) is 9.56. The van der Waals surface area contributed by atoms with Crippen molar-refractivity contribution in [1.29, 1.82) is 0 Å². The first kappa shape index (κ1) is 13.8. The highest BCUT2D eigenvalue weighted by Crippen LogP contribution is 2.22. The Hall–Kier alpha value is -2.13. The Morgan fingerprint density at radius 1 is 0.810 bits per heavy atom. The quantitative estimate of drug-likeness (QED) is 0.649. The Morgan fingerprint density at radius 3 is 2.24 bits per heavy atom. The Kier molecular flexibility index (Phi) is 4.31. The van der Waals surface area contributed by atoms with Crippen LogP contribution in [0, 0.1) is 6.92 Å². The van der Waals surface area contributed by atoms with Gasteiger partial charge in [-0.25, -0.2) is 0 Å². The van der Waals surface area contributed by atoms with E-state index in [1.165, 1.54) is 11.1 Å². The van der Waals surface area contributed by atoms with Crippen LogP contribution in [-0.2, 0) is 5.75 Å². The fourth-order valence-corrected chi connectivity index (χ4v) is 2.77. The van der Waals surface area contributed by atoms with Crippen molar-refractivity contribution in [3.63, 3.8) is 0 Å². The highest BCUT2D eigenvalue weighted by molar-refractivity contribution is 7.98. The maximum absolute atomic E-state index is 4.30. The van der Waals surface area contributed by atoms with Crippen LogP contribution in [0.15, 0.2) is 71.8 Å². The fourth-order valence-electron chi connectivity index (χ4n) is 2.00. The minimum Gasteiger partial charge on any atom is -0.149 e. The molecule has 1 heterocycles. The predicted molar refractivity (Wildman–Crippen MR) is 88.2 cm³/mol. The third-order valence-corrected chi connectivity index (χ3v) is 4.21. The van der Waals surface area contributed by atoms with Gasteiger partial charge in [0.2, 0.25) is 0 Å². The van der Waals surface area contributed by atoms with Crippen LogP contribution in [0.5, 0.6) is 0 Å². The maximum atomic E-state index is 4.30. The molecule has 0 N–H and O–H groups in total. The van der Waals surface area contributed by atoms with Gasteiger partial charge in [0.1, 0.15) is 5.03 Å². The first-order valence-corrected chi connectivity index (χ1v) is 7.87. The van der Waals surface area contributed by atoms with Crippen molar-refractivity contribution in [2.24, 2.45) is 0 Å². The number of hydrogen-bond donors (Lipinski definition) is 0. The van der Waals surface area contributed by atoms with Crippen molar-refractivity contribution < 1.29 is 0 Å². The molecule has 0 atom stereocenters. The number of aryl methyl sites for hydroxylation is 1. The summed E-state index contributed by atoms with van der Waals surface area (Å²) >= 11 is 1.71. The predicted octanol–water partition coefficient (Wildman–Crippen LogP) is 4.74. The Morgan fingerprint density at radius 2 is 1.57 bits per heavy atom. The lowest BCUT2D eigenvalue weighted by Crippen LogP contribution is -1.90. The van der Waals surface area contributed by atoms with Crippen molar-refractivity contribution in [3.05, 3.63) is 77.9 Å². The fraction of sp³-hybridized carbons (Fsp3) is 0.111. The van der Waals surface area contributed by atoms with Gasteiger partial charge in [0.25, 0.3) is 0 Å². The smallest absolute Gasteiger partial charge is 0.119 e. The summed E-state index contributed by atoms with van der Waals surface area (Å²) in [5.41, 5.74) is 4.60. The van der Waals surface area contributed by atoms with Gasteiger partial charge >= 0.3 is 0 Å². The van der Waals surface area contributed by atoms with E-state index >= 15 is 0 Å². The van der Waals surface area contributed by atoms with E-state index in [1.807, 2.05) is 42.5 Å². The van der Waals surface area contributed by atoms with Crippen LogP contribution in [0.4, 0.5) is 0 Å². The Balaban J connectivity index is 1.66. The molecule has 3 aromatic rings. The number of hydrogen-bond acceptors (Lipinski definition) is 3. The van der Waals surface area contributed by atoms with E-state index in [4.69, 9.17) is 0 Å². The summed E-state index contributed by atoms with van der Waals surface area (Å²) in [6.45, 7) is 2.10. The Labute approximate surface area is 129 Å². The van der Waals surface area contributed by atoms with Crippen molar-refractivity contribution in [1.82, 2.24) is 10.2 Å². The monoisotopic (exact) mass is 292 g/mol. The average molecular weight is 292 g/mol. The topological polar surface area (TPSA) is 25.8 Å². The van der Waals surface area contributed by atoms with Crippen molar-refractivity contribution in [3.8, 4) is 11.3 Å². The lowest BCUT2D eigenvalue weighted by Gasteiger charge is -2.03. The summed E-state index contributed by atoms with van der Waals surface area (Å²) in [5.74, 6) is 0.916. The van der Waals surface area contributed by atoms with Crippen LogP contribution in [0.3, 0.4) is 0 Å². The van der Waals surface area contributed by atoms with Gasteiger partial charge in [0.05, 0.1) is 5.69 Å². The molecule has 0 fully saturated rings. The second kappa shape index (κ2) is 6.55. The lowest BCUT2D eigenvalue weighted by molar-refractivity contribution is 0.935. The van der Waals surface area contributed by atoms with E-state index in [1.54, 1.807) is 11.8 Å². The van der Waals surface area contributed by atoms with Gasteiger partial charge < -0.3 is 0 Å². The van der Waals surface area contributed by atoms with Crippen LogP contribution in [-0.4, -0.2) is 10.2 Å². The SMILES string of the molecule is Cc1ccc(CSc2ccc(-c3ccccc3)nn2)cc1. The molecule has 0 radical (unpaired) electrons. The molecule has 3 rings (SSSR count). The summed E-state index contributed by atoms with van der Waals surface area (Å²) in [6.07, 6.45) is 0. The molecule has 0 aliphatic rings. The molecule has 2 nitrogen and oxygen atoms in total. The van der Waals surface area contributed by atoms with E-state index in [9.17, 15) is 0 Å². The van der Waals surface area contributed by atoms with Gasteiger partial charge in [-0.15, -0.1) is 10.2 Å². The maximum Gasteiger partial charge on any atom is 0.119 e. The third-order valence-electron chi connectivity index (χ3n) is 3.22. The van der Waals surface area contributed by atoms with Crippen LogP contribution in [0.1, 0.15) is 11.1 Å². The van der Waals surface area contributed by atoms with E-state index in [0.29, 0.717) is 0 Å². The molecule has 0 spiro atoms. The molecule has 0 unspecified atom stereocenters. The second-order valence-corrected chi connectivity index (χ2v) is 5.89. The van der Waals surface area contributed by atoms with Gasteiger partial charge in [-0.1, -0.05) is 71.9 Å². The number of thioether (sulfide) groups is 1. The Bertz CT molecular complexity index is 692. The summed E-state index contributed by atoms with van der Waals surface area (Å²) in [6, 6.07) is 22.8. The third kappa shape index (κ3) is 3.70. The molecular formula is C18H16N2S. The first-order chi connectivity index (χ1) is 10.3. The van der Waals surface area contributed by atoms with Crippen LogP contribution >= 0.6 is 11.8 Å². The minimum atomic E-state index is 0.912. The number of rotatable bonds is 4. The molecule has 2 aromatic carbocycles. The zero-order valence-electron chi connectivity index (χ0n) is 11.9. The summed E-state index contributed by atoms with van der Waals surface area (Å²) in [7, 11) is 0. The summed E-state index contributed by atoms with van der Waals surface area (Å²) < 4.78 is 0. The van der Waals surface area contributed by atoms with Crippen molar-refractivity contribution in [2.75, 3.05) is 0 Å². The molecule has 1 aromatic heterocycles. The van der Waals surface area contributed by atoms with E-state index in [2.05, 4.69) is 41.4 Å². The lowest BCUT2D eigenvalue weighted by atomic mass is 10.1. The molecular weight excluding hydrogens is 276 g/mol. The minimum absolute atomic E-state index is 0.912. The zero-order valence-corrected chi connectivity index (χ0v) is 12.7. The van der Waals surface area contributed by atoms with Crippen molar-refractivity contribution in [2.45, 2.75) is 17.7 Å². The molecule has 0 amide bonds. The molecule has 0 bridgehead atoms. The van der Waals surface area contributed by atoms with Crippen LogP contribution in [0.25, 0.3) is 11.3 Å². The first-order valence-electron chi connectivity index (χ1n) is 6.89. The molecule has 0 saturated carbocycles. The number of aromatic nitrogens is 2. The average Bonchev–Trinajstić information content (AvgIpc) is 2.56. The van der Waals surface area contributed by atoms with Crippen LogP contribution < -0.4 is 0 Å². The number of benzene rings is 2. The van der Waals surface area contributed by atoms with Crippen molar-refractivity contribution >= 4 is 11.8 Å². The second-order valence-electron chi connectivity index (χ2n) is 4.90. The van der Waals surface area contributed by atoms with Gasteiger partial charge in [-0.05, 0) is 24.6 Å². The van der Waals surface area contributed by atoms with Gasteiger partial charge in [0, 0.05) is 11.3 Å². The molecule has 0 aliphatic heterocycles. The highest BCUT2D eigenvalue weighted by Gasteiger charge is 2.02. The van der Waals surface area contributed by atoms with Crippen LogP contribution in [0.2, 0.25) is 0 Å². The molecule has 104 valence electrons. The molecule has 0 saturated heterocycles. The van der Waals surface area contributed by atoms with E-state index < -0.39 is 0 Å². The normalized spacial score (nSPS) is 10.5. The zero-order chi connectivity index (χ0) is 14.5. The largest absolute Gasteiger partial charge is 0.149 e. The number of nitrogens with zero attached hydrogens (tertiary/aromatic N) is 2. The van der Waals surface area contributed by atoms with E-state index in [-0.39, 0.29) is 0 Å². The molecule has 0 aliphatic carbocycles. The standard InChI is InChI=1S/C18H16N2S/c1-14-7-9-15(10-8-14)13-21-18-12-11-17(19-20-18)16-5-3-2-4-6-16/h2-12H,13H2,1H3. The van der Waals surface area contributed by atoms with E-state index in [0.717, 1.165) is 22.0 Å². The van der Waals surface area contributed by atoms with Gasteiger partial charge in [-0.2, -0.15) is 0 Å². The van der Waals surface area contributed by atoms with Gasteiger partial charge in [-0.3, -0.25) is 0 Å². The highest BCUT2D eigenvalue weighted by atomic mass is 32.2.